The Bertz CT molecular complexity index is 1030. The molecule has 0 bridgehead atoms. The van der Waals surface area contributed by atoms with Crippen LogP contribution in [0.5, 0.6) is 5.75 Å². The number of carboxylic acids is 1. The first-order valence-corrected chi connectivity index (χ1v) is 10.1. The van der Waals surface area contributed by atoms with Crippen LogP contribution in [0.1, 0.15) is 55.2 Å². The average molecular weight is 398 g/mol. The van der Waals surface area contributed by atoms with Gasteiger partial charge in [0.1, 0.15) is 16.9 Å². The molecule has 0 atom stereocenters. The monoisotopic (exact) mass is 398 g/mol. The maximum absolute atomic E-state index is 12.5. The number of carbonyl (C=O) groups is 2. The van der Waals surface area contributed by atoms with Gasteiger partial charge in [-0.25, -0.2) is 4.79 Å². The van der Waals surface area contributed by atoms with Crippen molar-refractivity contribution in [1.29, 1.82) is 0 Å². The Morgan fingerprint density at radius 3 is 2.66 bits per heavy atom. The molecule has 1 N–H and O–H groups in total. The molecular weight excluding hydrogens is 374 g/mol. The summed E-state index contributed by atoms with van der Waals surface area (Å²) in [5, 5.41) is 13.5. The molecule has 1 aromatic heterocycles. The lowest BCUT2D eigenvalue weighted by molar-refractivity contribution is -0.304. The molecule has 1 aliphatic heterocycles. The fourth-order valence-corrected chi connectivity index (χ4v) is 4.54. The number of carbonyl (C=O) groups excluding carboxylic acids is 2. The van der Waals surface area contributed by atoms with Crippen molar-refractivity contribution in [3.8, 4) is 5.75 Å². The second-order valence-corrected chi connectivity index (χ2v) is 8.12. The van der Waals surface area contributed by atoms with Crippen molar-refractivity contribution in [3.63, 3.8) is 0 Å². The molecule has 0 unspecified atom stereocenters. The molecule has 1 amide bonds. The second kappa shape index (κ2) is 7.54. The third-order valence-electron chi connectivity index (χ3n) is 6.18. The summed E-state index contributed by atoms with van der Waals surface area (Å²) in [5.74, 6) is -1.17. The van der Waals surface area contributed by atoms with Gasteiger partial charge in [0.25, 0.3) is 0 Å². The van der Waals surface area contributed by atoms with Gasteiger partial charge in [-0.05, 0) is 62.6 Å². The van der Waals surface area contributed by atoms with E-state index < -0.39 is 24.0 Å². The van der Waals surface area contributed by atoms with Crippen LogP contribution in [0.2, 0.25) is 0 Å². The number of amides is 1. The van der Waals surface area contributed by atoms with Crippen molar-refractivity contribution in [2.75, 3.05) is 6.54 Å². The number of aryl methyl sites for hydroxylation is 2. The van der Waals surface area contributed by atoms with Gasteiger partial charge >= 0.3 is 5.63 Å². The minimum Gasteiger partial charge on any atom is -0.548 e. The maximum atomic E-state index is 12.5. The van der Waals surface area contributed by atoms with Crippen LogP contribution < -0.4 is 20.8 Å². The maximum Gasteiger partial charge on any atom is 0.340 e. The average Bonchev–Trinajstić information content (AvgIpc) is 2.69. The minimum absolute atomic E-state index is 0.0920. The molecule has 1 aromatic carbocycles. The van der Waals surface area contributed by atoms with E-state index in [9.17, 15) is 19.5 Å². The minimum atomic E-state index is -1.39. The van der Waals surface area contributed by atoms with Crippen LogP contribution in [-0.4, -0.2) is 24.0 Å². The Morgan fingerprint density at radius 1 is 1.17 bits per heavy atom. The molecule has 7 nitrogen and oxygen atoms in total. The van der Waals surface area contributed by atoms with Crippen LogP contribution in [0.4, 0.5) is 0 Å². The molecule has 1 saturated carbocycles. The normalized spacial score (nSPS) is 17.6. The number of carboxylic acid groups (broad SMARTS) is 1. The highest BCUT2D eigenvalue weighted by Crippen LogP contribution is 2.43. The molecule has 154 valence electrons. The summed E-state index contributed by atoms with van der Waals surface area (Å²) in [4.78, 5) is 34.9. The molecule has 1 spiro atoms. The lowest BCUT2D eigenvalue weighted by Gasteiger charge is -2.41. The van der Waals surface area contributed by atoms with Crippen LogP contribution in [0.15, 0.2) is 21.3 Å². The molecule has 2 aliphatic rings. The first-order chi connectivity index (χ1) is 13.9. The summed E-state index contributed by atoms with van der Waals surface area (Å²) in [6.45, 7) is 1.18. The Balaban J connectivity index is 1.65. The van der Waals surface area contributed by atoms with E-state index in [-0.39, 0.29) is 17.6 Å². The number of benzene rings is 1. The Hall–Kier alpha value is -2.83. The van der Waals surface area contributed by atoms with Crippen molar-refractivity contribution < 1.29 is 23.8 Å². The highest BCUT2D eigenvalue weighted by Gasteiger charge is 2.37. The van der Waals surface area contributed by atoms with Gasteiger partial charge in [-0.3, -0.25) is 4.79 Å². The highest BCUT2D eigenvalue weighted by atomic mass is 16.5. The van der Waals surface area contributed by atoms with Crippen LogP contribution in [-0.2, 0) is 22.4 Å². The van der Waals surface area contributed by atoms with Gasteiger partial charge in [-0.1, -0.05) is 6.42 Å². The number of nitrogens with one attached hydrogen (secondary N) is 1. The summed E-state index contributed by atoms with van der Waals surface area (Å²) in [6.07, 6.45) is 7.39. The molecule has 2 aromatic rings. The van der Waals surface area contributed by atoms with Crippen LogP contribution in [0.3, 0.4) is 0 Å². The number of rotatable bonds is 4. The second-order valence-electron chi connectivity index (χ2n) is 8.12. The predicted molar refractivity (Wildman–Crippen MR) is 104 cm³/mol. The molecule has 0 saturated heterocycles. The number of hydrogen-bond donors (Lipinski definition) is 1. The molecule has 1 aliphatic carbocycles. The van der Waals surface area contributed by atoms with E-state index in [2.05, 4.69) is 5.32 Å². The lowest BCUT2D eigenvalue weighted by atomic mass is 9.79. The van der Waals surface area contributed by atoms with Crippen LogP contribution in [0.25, 0.3) is 11.0 Å². The Kier molecular flexibility index (Phi) is 5.06. The van der Waals surface area contributed by atoms with E-state index in [1.807, 2.05) is 6.07 Å². The fraction of sp³-hybridized carbons (Fsp3) is 0.500. The van der Waals surface area contributed by atoms with Gasteiger partial charge in [0.05, 0.1) is 24.5 Å². The summed E-state index contributed by atoms with van der Waals surface area (Å²) in [5.41, 5.74) is 1.73. The van der Waals surface area contributed by atoms with E-state index in [4.69, 9.17) is 9.15 Å². The topological polar surface area (TPSA) is 109 Å². The fourth-order valence-electron chi connectivity index (χ4n) is 4.54. The van der Waals surface area contributed by atoms with Crippen molar-refractivity contribution >= 4 is 22.8 Å². The SMILES string of the molecule is Cc1c(CC(=O)NCC(=O)[O-])c(=O)oc2cc3c(cc12)CCC1(CCCCC1)O3. The zero-order valence-electron chi connectivity index (χ0n) is 16.5. The van der Waals surface area contributed by atoms with Crippen molar-refractivity contribution in [1.82, 2.24) is 5.32 Å². The van der Waals surface area contributed by atoms with Gasteiger partial charge in [-0.2, -0.15) is 0 Å². The third kappa shape index (κ3) is 3.86. The van der Waals surface area contributed by atoms with Crippen LogP contribution >= 0.6 is 0 Å². The van der Waals surface area contributed by atoms with Gasteiger partial charge < -0.3 is 24.4 Å². The smallest absolute Gasteiger partial charge is 0.340 e. The van der Waals surface area contributed by atoms with E-state index in [1.54, 1.807) is 13.0 Å². The Morgan fingerprint density at radius 2 is 1.93 bits per heavy atom. The lowest BCUT2D eigenvalue weighted by Crippen LogP contribution is -2.41. The molecule has 0 radical (unpaired) electrons. The first kappa shape index (κ1) is 19.5. The standard InChI is InChI=1S/C22H25NO6/c1-13-15-9-14-5-8-22(6-3-2-4-7-22)29-17(14)11-18(15)28-21(27)16(13)10-19(24)23-12-20(25)26/h9,11H,2-8,10,12H2,1H3,(H,23,24)(H,25,26)/p-1. The van der Waals surface area contributed by atoms with Gasteiger partial charge in [0.2, 0.25) is 5.91 Å². The van der Waals surface area contributed by atoms with Gasteiger partial charge in [0, 0.05) is 11.5 Å². The van der Waals surface area contributed by atoms with Gasteiger partial charge in [0.15, 0.2) is 0 Å². The highest BCUT2D eigenvalue weighted by molar-refractivity contribution is 5.87. The number of ether oxygens (including phenoxy) is 1. The summed E-state index contributed by atoms with van der Waals surface area (Å²) < 4.78 is 11.9. The largest absolute Gasteiger partial charge is 0.548 e. The molecule has 2 heterocycles. The number of hydrogen-bond acceptors (Lipinski definition) is 6. The van der Waals surface area contributed by atoms with Crippen molar-refractivity contribution in [2.45, 2.75) is 63.9 Å². The molecular formula is C22H24NO6-. The summed E-state index contributed by atoms with van der Waals surface area (Å²) in [7, 11) is 0. The zero-order chi connectivity index (χ0) is 20.6. The summed E-state index contributed by atoms with van der Waals surface area (Å²) >= 11 is 0. The van der Waals surface area contributed by atoms with E-state index in [0.717, 1.165) is 42.4 Å². The van der Waals surface area contributed by atoms with Crippen molar-refractivity contribution in [2.24, 2.45) is 0 Å². The van der Waals surface area contributed by atoms with E-state index in [1.165, 1.54) is 19.3 Å². The quantitative estimate of drug-likeness (QED) is 0.783. The van der Waals surface area contributed by atoms with Crippen LogP contribution in [0, 0.1) is 6.92 Å². The molecule has 1 fully saturated rings. The molecule has 4 rings (SSSR count). The number of fused-ring (bicyclic) bond motifs is 2. The third-order valence-corrected chi connectivity index (χ3v) is 6.18. The van der Waals surface area contributed by atoms with E-state index >= 15 is 0 Å². The number of aliphatic carboxylic acids is 1. The molecule has 7 heteroatoms. The first-order valence-electron chi connectivity index (χ1n) is 10.1. The zero-order valence-corrected chi connectivity index (χ0v) is 16.5. The van der Waals surface area contributed by atoms with E-state index in [0.29, 0.717) is 11.1 Å². The summed E-state index contributed by atoms with van der Waals surface area (Å²) in [6, 6.07) is 3.79. The molecule has 29 heavy (non-hydrogen) atoms. The van der Waals surface area contributed by atoms with Gasteiger partial charge in [-0.15, -0.1) is 0 Å². The van der Waals surface area contributed by atoms with Crippen molar-refractivity contribution in [3.05, 3.63) is 39.2 Å². The predicted octanol–water partition coefficient (Wildman–Crippen LogP) is 1.54. The Labute approximate surface area is 168 Å².